The number of carbonyl (C=O) groups excluding carboxylic acids is 2. The lowest BCUT2D eigenvalue weighted by Crippen LogP contribution is -2.42. The molecule has 0 heterocycles. The van der Waals surface area contributed by atoms with E-state index in [-0.39, 0.29) is 17.4 Å². The number of amides is 2. The van der Waals surface area contributed by atoms with Crippen molar-refractivity contribution in [3.05, 3.63) is 34.1 Å². The van der Waals surface area contributed by atoms with Crippen molar-refractivity contribution in [3.8, 4) is 0 Å². The number of hydrazine groups is 1. The summed E-state index contributed by atoms with van der Waals surface area (Å²) in [6.07, 6.45) is 1.71. The summed E-state index contributed by atoms with van der Waals surface area (Å²) in [5.74, 6) is -1.26. The highest BCUT2D eigenvalue weighted by atomic mass is 79.9. The summed E-state index contributed by atoms with van der Waals surface area (Å²) < 4.78 is 13.4. The Morgan fingerprint density at radius 3 is 2.65 bits per heavy atom. The normalized spacial score (nSPS) is 14.2. The van der Waals surface area contributed by atoms with Crippen molar-refractivity contribution in [1.29, 1.82) is 0 Å². The van der Waals surface area contributed by atoms with Crippen LogP contribution < -0.4 is 10.9 Å². The molecule has 1 saturated carbocycles. The highest BCUT2D eigenvalue weighted by Crippen LogP contribution is 2.28. The molecule has 6 heteroatoms. The molecule has 0 bridgehead atoms. The third kappa shape index (κ3) is 3.03. The highest BCUT2D eigenvalue weighted by molar-refractivity contribution is 9.10. The van der Waals surface area contributed by atoms with Gasteiger partial charge in [0.1, 0.15) is 5.82 Å². The molecule has 0 aliphatic heterocycles. The molecule has 0 unspecified atom stereocenters. The van der Waals surface area contributed by atoms with Gasteiger partial charge in [0.2, 0.25) is 5.91 Å². The van der Waals surface area contributed by atoms with Gasteiger partial charge in [0.25, 0.3) is 5.91 Å². The van der Waals surface area contributed by atoms with E-state index in [0.29, 0.717) is 4.47 Å². The first kappa shape index (κ1) is 12.0. The van der Waals surface area contributed by atoms with Crippen LogP contribution in [0.3, 0.4) is 0 Å². The maximum Gasteiger partial charge on any atom is 0.270 e. The van der Waals surface area contributed by atoms with Crippen molar-refractivity contribution in [2.24, 2.45) is 5.92 Å². The van der Waals surface area contributed by atoms with Gasteiger partial charge in [-0.25, -0.2) is 4.39 Å². The smallest absolute Gasteiger partial charge is 0.270 e. The molecule has 0 atom stereocenters. The predicted octanol–water partition coefficient (Wildman–Crippen LogP) is 1.76. The number of halogens is 2. The molecule has 1 aliphatic carbocycles. The van der Waals surface area contributed by atoms with Gasteiger partial charge in [0, 0.05) is 10.4 Å². The number of rotatable bonds is 2. The molecule has 2 rings (SSSR count). The Morgan fingerprint density at radius 1 is 1.29 bits per heavy atom. The number of hydrogen-bond acceptors (Lipinski definition) is 2. The zero-order valence-electron chi connectivity index (χ0n) is 8.80. The maximum atomic E-state index is 13.0. The summed E-state index contributed by atoms with van der Waals surface area (Å²) in [6, 6.07) is 3.78. The molecule has 1 aromatic rings. The van der Waals surface area contributed by atoms with E-state index in [0.717, 1.165) is 18.9 Å². The Kier molecular flexibility index (Phi) is 3.42. The van der Waals surface area contributed by atoms with Gasteiger partial charge < -0.3 is 0 Å². The average molecular weight is 301 g/mol. The van der Waals surface area contributed by atoms with Crippen LogP contribution in [-0.4, -0.2) is 11.8 Å². The fourth-order valence-corrected chi connectivity index (χ4v) is 1.73. The van der Waals surface area contributed by atoms with Crippen molar-refractivity contribution < 1.29 is 14.0 Å². The molecule has 90 valence electrons. The molecular weight excluding hydrogens is 291 g/mol. The molecule has 2 N–H and O–H groups in total. The van der Waals surface area contributed by atoms with E-state index in [2.05, 4.69) is 26.8 Å². The van der Waals surface area contributed by atoms with Crippen molar-refractivity contribution >= 4 is 27.7 Å². The van der Waals surface area contributed by atoms with E-state index in [4.69, 9.17) is 0 Å². The number of carbonyl (C=O) groups is 2. The van der Waals surface area contributed by atoms with Gasteiger partial charge in [-0.05, 0) is 47.0 Å². The summed E-state index contributed by atoms with van der Waals surface area (Å²) in [7, 11) is 0. The Morgan fingerprint density at radius 2 is 2.00 bits per heavy atom. The summed E-state index contributed by atoms with van der Waals surface area (Å²) in [5.41, 5.74) is 4.70. The molecule has 0 aromatic heterocycles. The van der Waals surface area contributed by atoms with E-state index < -0.39 is 11.7 Å². The Bertz CT molecular complexity index is 475. The monoisotopic (exact) mass is 300 g/mol. The van der Waals surface area contributed by atoms with E-state index in [9.17, 15) is 14.0 Å². The van der Waals surface area contributed by atoms with Crippen molar-refractivity contribution in [1.82, 2.24) is 10.9 Å². The number of nitrogens with one attached hydrogen (secondary N) is 2. The zero-order chi connectivity index (χ0) is 12.4. The molecule has 17 heavy (non-hydrogen) atoms. The predicted molar refractivity (Wildman–Crippen MR) is 62.4 cm³/mol. The highest BCUT2D eigenvalue weighted by Gasteiger charge is 2.29. The molecule has 2 amide bonds. The third-order valence-electron chi connectivity index (χ3n) is 2.42. The zero-order valence-corrected chi connectivity index (χ0v) is 10.4. The Balaban J connectivity index is 1.98. The van der Waals surface area contributed by atoms with Gasteiger partial charge in [0.05, 0.1) is 5.56 Å². The summed E-state index contributed by atoms with van der Waals surface area (Å²) in [5, 5.41) is 0. The minimum atomic E-state index is -0.551. The van der Waals surface area contributed by atoms with Gasteiger partial charge in [-0.15, -0.1) is 0 Å². The summed E-state index contributed by atoms with van der Waals surface area (Å²) in [6.45, 7) is 0. The second kappa shape index (κ2) is 4.83. The van der Waals surface area contributed by atoms with E-state index >= 15 is 0 Å². The molecule has 0 saturated heterocycles. The van der Waals surface area contributed by atoms with Crippen LogP contribution in [0, 0.1) is 11.7 Å². The van der Waals surface area contributed by atoms with E-state index in [1.807, 2.05) is 0 Å². The fourth-order valence-electron chi connectivity index (χ4n) is 1.30. The number of benzene rings is 1. The first-order valence-electron chi connectivity index (χ1n) is 5.13. The van der Waals surface area contributed by atoms with E-state index in [1.54, 1.807) is 0 Å². The molecule has 0 radical (unpaired) electrons. The first-order valence-corrected chi connectivity index (χ1v) is 5.92. The Labute approximate surface area is 106 Å². The van der Waals surface area contributed by atoms with Crippen molar-refractivity contribution in [2.45, 2.75) is 12.8 Å². The van der Waals surface area contributed by atoms with Gasteiger partial charge in [-0.3, -0.25) is 20.4 Å². The second-order valence-corrected chi connectivity index (χ2v) is 4.70. The number of hydrogen-bond donors (Lipinski definition) is 2. The second-order valence-electron chi connectivity index (χ2n) is 3.84. The lowest BCUT2D eigenvalue weighted by atomic mass is 10.2. The van der Waals surface area contributed by atoms with Gasteiger partial charge in [-0.1, -0.05) is 0 Å². The fraction of sp³-hybridized carbons (Fsp3) is 0.273. The lowest BCUT2D eigenvalue weighted by molar-refractivity contribution is -0.123. The standard InChI is InChI=1S/C11H10BrFN2O2/c12-9-4-3-7(13)5-8(9)11(17)15-14-10(16)6-1-2-6/h3-6H,1-2H2,(H,14,16)(H,15,17). The molecule has 0 spiro atoms. The van der Waals surface area contributed by atoms with E-state index in [1.165, 1.54) is 12.1 Å². The van der Waals surface area contributed by atoms with Crippen LogP contribution in [0.25, 0.3) is 0 Å². The SMILES string of the molecule is O=C(NNC(=O)C1CC1)c1cc(F)ccc1Br. The third-order valence-corrected chi connectivity index (χ3v) is 3.11. The average Bonchev–Trinajstić information content (AvgIpc) is 3.12. The van der Waals surface area contributed by atoms with Gasteiger partial charge >= 0.3 is 0 Å². The summed E-state index contributed by atoms with van der Waals surface area (Å²) in [4.78, 5) is 22.9. The van der Waals surface area contributed by atoms with Crippen LogP contribution in [0.1, 0.15) is 23.2 Å². The van der Waals surface area contributed by atoms with Crippen molar-refractivity contribution in [2.75, 3.05) is 0 Å². The maximum absolute atomic E-state index is 13.0. The van der Waals surface area contributed by atoms with Gasteiger partial charge in [-0.2, -0.15) is 0 Å². The van der Waals surface area contributed by atoms with Crippen LogP contribution in [-0.2, 0) is 4.79 Å². The largest absolute Gasteiger partial charge is 0.273 e. The van der Waals surface area contributed by atoms with Crippen LogP contribution >= 0.6 is 15.9 Å². The molecular formula is C11H10BrFN2O2. The van der Waals surface area contributed by atoms with Crippen LogP contribution in [0.2, 0.25) is 0 Å². The molecule has 1 aliphatic rings. The quantitative estimate of drug-likeness (QED) is 0.818. The van der Waals surface area contributed by atoms with Crippen LogP contribution in [0.5, 0.6) is 0 Å². The van der Waals surface area contributed by atoms with Crippen molar-refractivity contribution in [3.63, 3.8) is 0 Å². The molecule has 4 nitrogen and oxygen atoms in total. The van der Waals surface area contributed by atoms with Crippen LogP contribution in [0.15, 0.2) is 22.7 Å². The minimum Gasteiger partial charge on any atom is -0.273 e. The molecule has 1 fully saturated rings. The first-order chi connectivity index (χ1) is 8.08. The topological polar surface area (TPSA) is 58.2 Å². The molecule has 1 aromatic carbocycles. The van der Waals surface area contributed by atoms with Gasteiger partial charge in [0.15, 0.2) is 0 Å². The minimum absolute atomic E-state index is 0.00579. The lowest BCUT2D eigenvalue weighted by Gasteiger charge is -2.08. The Hall–Kier alpha value is -1.43. The van der Waals surface area contributed by atoms with Crippen LogP contribution in [0.4, 0.5) is 4.39 Å². The summed E-state index contributed by atoms with van der Waals surface area (Å²) >= 11 is 3.14.